The number of phenols is 1. The van der Waals surface area contributed by atoms with Gasteiger partial charge in [0.25, 0.3) is 0 Å². The maximum absolute atomic E-state index is 16.7. The molecule has 1 saturated carbocycles. The molecule has 0 amide bonds. The fourth-order valence-corrected chi connectivity index (χ4v) is 8.84. The molecule has 4 atom stereocenters. The maximum atomic E-state index is 16.7. The standard InChI is InChI=1S/C30H31F3IN5O3S/c1-29(41)7-2-4-18(29)36-27-21-24(37-28(38-27)42-13-30-8-3-9-39(30)12-14(31)11-30)22(33)20(23(34)25(21)40)15-5-6-17(32)26-16(15)10-19(35)43-26/h5-6,10,14,18,40-41H,2-4,7-9,11-13,35H2,1H3,(H,36,37,38)/t14-,18?,29?,30+/m1/s1. The summed E-state index contributed by atoms with van der Waals surface area (Å²) in [6.07, 6.45) is 3.12. The first kappa shape index (κ1) is 29.1. The monoisotopic (exact) mass is 725 g/mol. The number of hydrogen-bond donors (Lipinski definition) is 4. The van der Waals surface area contributed by atoms with Gasteiger partial charge in [-0.15, -0.1) is 11.3 Å². The van der Waals surface area contributed by atoms with Crippen LogP contribution in [0.25, 0.3) is 32.1 Å². The van der Waals surface area contributed by atoms with Crippen molar-refractivity contribution in [2.75, 3.05) is 30.7 Å². The van der Waals surface area contributed by atoms with E-state index < -0.39 is 35.0 Å². The first-order valence-corrected chi connectivity index (χ1v) is 16.3. The second kappa shape index (κ2) is 10.5. The molecule has 3 aliphatic rings. The zero-order valence-corrected chi connectivity index (χ0v) is 26.4. The molecule has 2 aromatic carbocycles. The summed E-state index contributed by atoms with van der Waals surface area (Å²) in [4.78, 5) is 11.1. The van der Waals surface area contributed by atoms with Crippen LogP contribution in [0, 0.1) is 15.2 Å². The normalized spacial score (nSPS) is 27.4. The number of aromatic nitrogens is 2. The van der Waals surface area contributed by atoms with Crippen molar-refractivity contribution in [1.29, 1.82) is 0 Å². The zero-order chi connectivity index (χ0) is 30.3. The van der Waals surface area contributed by atoms with Gasteiger partial charge in [0.1, 0.15) is 35.7 Å². The number of nitrogens with two attached hydrogens (primary N) is 1. The van der Waals surface area contributed by atoms with Gasteiger partial charge in [0.05, 0.1) is 35.8 Å². The number of hydrogen-bond acceptors (Lipinski definition) is 9. The Labute approximate surface area is 263 Å². The predicted molar refractivity (Wildman–Crippen MR) is 169 cm³/mol. The molecule has 43 heavy (non-hydrogen) atoms. The van der Waals surface area contributed by atoms with Crippen LogP contribution in [0.3, 0.4) is 0 Å². The Hall–Kier alpha value is -2.62. The van der Waals surface area contributed by atoms with Crippen molar-refractivity contribution in [1.82, 2.24) is 14.9 Å². The topological polar surface area (TPSA) is 117 Å². The fraction of sp³-hybridized carbons (Fsp3) is 0.467. The average Bonchev–Trinajstić information content (AvgIpc) is 3.69. The number of aliphatic hydroxyl groups is 1. The summed E-state index contributed by atoms with van der Waals surface area (Å²) in [5.41, 5.74) is 4.69. The van der Waals surface area contributed by atoms with Gasteiger partial charge in [0, 0.05) is 23.9 Å². The highest BCUT2D eigenvalue weighted by atomic mass is 127. The summed E-state index contributed by atoms with van der Waals surface area (Å²) < 4.78 is 52.4. The number of benzene rings is 2. The summed E-state index contributed by atoms with van der Waals surface area (Å²) in [5, 5.41) is 26.6. The predicted octanol–water partition coefficient (Wildman–Crippen LogP) is 6.35. The lowest BCUT2D eigenvalue weighted by molar-refractivity contribution is 0.0577. The quantitative estimate of drug-likeness (QED) is 0.170. The molecule has 0 spiro atoms. The highest BCUT2D eigenvalue weighted by molar-refractivity contribution is 14.1. The lowest BCUT2D eigenvalue weighted by Crippen LogP contribution is -2.43. The van der Waals surface area contributed by atoms with Gasteiger partial charge in [-0.25, -0.2) is 13.2 Å². The van der Waals surface area contributed by atoms with E-state index in [0.717, 1.165) is 37.1 Å². The lowest BCUT2D eigenvalue weighted by Gasteiger charge is -2.31. The van der Waals surface area contributed by atoms with Crippen LogP contribution in [0.1, 0.15) is 45.4 Å². The Kier molecular flexibility index (Phi) is 7.10. The minimum absolute atomic E-state index is 0.0495. The molecule has 2 aromatic heterocycles. The Bertz CT molecular complexity index is 1770. The van der Waals surface area contributed by atoms with Gasteiger partial charge in [0.15, 0.2) is 5.82 Å². The van der Waals surface area contributed by atoms with Crippen LogP contribution < -0.4 is 15.8 Å². The molecule has 8 nitrogen and oxygen atoms in total. The van der Waals surface area contributed by atoms with Crippen molar-refractivity contribution in [2.45, 2.75) is 68.8 Å². The third kappa shape index (κ3) is 4.77. The molecule has 2 unspecified atom stereocenters. The van der Waals surface area contributed by atoms with E-state index in [4.69, 9.17) is 10.5 Å². The molecule has 3 fully saturated rings. The first-order valence-electron chi connectivity index (χ1n) is 14.4. The molecular weight excluding hydrogens is 694 g/mol. The van der Waals surface area contributed by atoms with Gasteiger partial charge >= 0.3 is 6.01 Å². The number of aromatic hydroxyl groups is 1. The third-order valence-corrected chi connectivity index (χ3v) is 11.4. The number of nitrogens with one attached hydrogen (secondary N) is 1. The number of rotatable bonds is 6. The average molecular weight is 726 g/mol. The van der Waals surface area contributed by atoms with Gasteiger partial charge in [-0.05, 0) is 85.9 Å². The molecule has 7 rings (SSSR count). The fourth-order valence-electron chi connectivity index (χ4n) is 7.19. The molecule has 5 N–H and O–H groups in total. The van der Waals surface area contributed by atoms with E-state index in [9.17, 15) is 19.0 Å². The lowest BCUT2D eigenvalue weighted by atomic mass is 9.95. The number of fused-ring (bicyclic) bond motifs is 3. The van der Waals surface area contributed by atoms with Crippen molar-refractivity contribution in [3.63, 3.8) is 0 Å². The Morgan fingerprint density at radius 3 is 2.84 bits per heavy atom. The van der Waals surface area contributed by atoms with Crippen molar-refractivity contribution < 1.29 is 28.1 Å². The minimum Gasteiger partial charge on any atom is -0.506 e. The smallest absolute Gasteiger partial charge is 0.319 e. The highest BCUT2D eigenvalue weighted by Gasteiger charge is 2.49. The van der Waals surface area contributed by atoms with E-state index in [1.165, 1.54) is 12.1 Å². The summed E-state index contributed by atoms with van der Waals surface area (Å²) >= 11 is 2.93. The van der Waals surface area contributed by atoms with E-state index in [1.807, 2.05) is 22.6 Å². The van der Waals surface area contributed by atoms with Crippen LogP contribution in [0.4, 0.5) is 24.0 Å². The number of phenolic OH excluding ortho intramolecular Hbond substituents is 1. The maximum Gasteiger partial charge on any atom is 0.319 e. The summed E-state index contributed by atoms with van der Waals surface area (Å²) in [7, 11) is 0. The summed E-state index contributed by atoms with van der Waals surface area (Å²) in [5.74, 6) is -1.34. The SMILES string of the molecule is CC1(O)CCCC1Nc1nc(OC[C@@]23CCCN2C[C@H](F)C3)nc2c(F)c(-c3ccc(F)c4sc(N)cc34)c(I)c(O)c12. The molecule has 228 valence electrons. The molecule has 4 heterocycles. The number of ether oxygens (including phenoxy) is 1. The van der Waals surface area contributed by atoms with Crippen LogP contribution in [-0.4, -0.2) is 68.1 Å². The number of nitrogen functional groups attached to an aromatic ring is 1. The largest absolute Gasteiger partial charge is 0.506 e. The van der Waals surface area contributed by atoms with Gasteiger partial charge in [-0.2, -0.15) is 9.97 Å². The van der Waals surface area contributed by atoms with E-state index in [-0.39, 0.29) is 48.9 Å². The Morgan fingerprint density at radius 2 is 2.07 bits per heavy atom. The van der Waals surface area contributed by atoms with Crippen LogP contribution >= 0.6 is 33.9 Å². The number of anilines is 2. The summed E-state index contributed by atoms with van der Waals surface area (Å²) in [6.45, 7) is 3.01. The molecule has 0 bridgehead atoms. The number of alkyl halides is 1. The zero-order valence-electron chi connectivity index (χ0n) is 23.4. The first-order chi connectivity index (χ1) is 20.5. The van der Waals surface area contributed by atoms with E-state index >= 15 is 4.39 Å². The van der Waals surface area contributed by atoms with Gasteiger partial charge in [-0.1, -0.05) is 6.07 Å². The minimum atomic E-state index is -1.04. The van der Waals surface area contributed by atoms with Crippen molar-refractivity contribution >= 4 is 65.7 Å². The molecule has 1 aliphatic carbocycles. The van der Waals surface area contributed by atoms with E-state index in [1.54, 1.807) is 13.0 Å². The van der Waals surface area contributed by atoms with Gasteiger partial charge in [-0.3, -0.25) is 4.90 Å². The number of thiophene rings is 1. The second-order valence-corrected chi connectivity index (χ2v) is 14.4. The molecule has 0 radical (unpaired) electrons. The van der Waals surface area contributed by atoms with Crippen LogP contribution in [0.2, 0.25) is 0 Å². The second-order valence-electron chi connectivity index (χ2n) is 12.2. The molecule has 13 heteroatoms. The van der Waals surface area contributed by atoms with E-state index in [0.29, 0.717) is 41.8 Å². The third-order valence-electron chi connectivity index (χ3n) is 9.37. The van der Waals surface area contributed by atoms with Crippen molar-refractivity contribution in [2.24, 2.45) is 0 Å². The molecular formula is C30H31F3IN5O3S. The number of nitrogens with zero attached hydrogens (tertiary/aromatic N) is 3. The Morgan fingerprint density at radius 1 is 1.26 bits per heavy atom. The Balaban J connectivity index is 1.39. The van der Waals surface area contributed by atoms with Crippen LogP contribution in [0.5, 0.6) is 11.8 Å². The van der Waals surface area contributed by atoms with Gasteiger partial charge in [0.2, 0.25) is 0 Å². The van der Waals surface area contributed by atoms with Gasteiger partial charge < -0.3 is 26.0 Å². The van der Waals surface area contributed by atoms with Crippen molar-refractivity contribution in [3.05, 3.63) is 33.4 Å². The highest BCUT2D eigenvalue weighted by Crippen LogP contribution is 2.47. The number of halogens is 4. The molecule has 2 saturated heterocycles. The molecule has 2 aliphatic heterocycles. The molecule has 4 aromatic rings. The van der Waals surface area contributed by atoms with Crippen molar-refractivity contribution in [3.8, 4) is 22.9 Å². The van der Waals surface area contributed by atoms with E-state index in [2.05, 4.69) is 20.2 Å². The van der Waals surface area contributed by atoms with Crippen LogP contribution in [0.15, 0.2) is 18.2 Å². The summed E-state index contributed by atoms with van der Waals surface area (Å²) in [6, 6.07) is 3.77. The van der Waals surface area contributed by atoms with Crippen LogP contribution in [-0.2, 0) is 0 Å².